The predicted molar refractivity (Wildman–Crippen MR) is 73.6 cm³/mol. The summed E-state index contributed by atoms with van der Waals surface area (Å²) in [6, 6.07) is 0. The molecule has 0 bridgehead atoms. The molecule has 2 aliphatic heterocycles. The third-order valence-electron chi connectivity index (χ3n) is 3.74. The minimum atomic E-state index is -0.268. The number of hydrogen-bond donors (Lipinski definition) is 0. The van der Waals surface area contributed by atoms with Crippen LogP contribution in [0.3, 0.4) is 0 Å². The zero-order chi connectivity index (χ0) is 13.9. The van der Waals surface area contributed by atoms with E-state index < -0.39 is 0 Å². The highest BCUT2D eigenvalue weighted by atomic mass is 32.1. The van der Waals surface area contributed by atoms with Crippen molar-refractivity contribution in [3.63, 3.8) is 0 Å². The van der Waals surface area contributed by atoms with Gasteiger partial charge in [0.15, 0.2) is 0 Å². The molecule has 2 saturated heterocycles. The van der Waals surface area contributed by atoms with E-state index in [1.165, 1.54) is 11.3 Å². The Hall–Kier alpha value is -1.47. The molecule has 6 nitrogen and oxygen atoms in total. The Kier molecular flexibility index (Phi) is 3.98. The number of carbonyl (C=O) groups excluding carboxylic acids is 2. The van der Waals surface area contributed by atoms with Gasteiger partial charge in [0.2, 0.25) is 0 Å². The van der Waals surface area contributed by atoms with Crippen LogP contribution < -0.4 is 0 Å². The van der Waals surface area contributed by atoms with Crippen molar-refractivity contribution in [2.24, 2.45) is 0 Å². The average molecular weight is 295 g/mol. The molecule has 1 aromatic heterocycles. The molecule has 0 saturated carbocycles. The fourth-order valence-corrected chi connectivity index (χ4v) is 3.11. The topological polar surface area (TPSA) is 62.7 Å². The summed E-state index contributed by atoms with van der Waals surface area (Å²) in [5.41, 5.74) is 2.15. The molecule has 1 aromatic rings. The van der Waals surface area contributed by atoms with Crippen molar-refractivity contribution in [3.8, 4) is 0 Å². The van der Waals surface area contributed by atoms with Crippen LogP contribution in [0.5, 0.6) is 0 Å². The highest BCUT2D eigenvalue weighted by Crippen LogP contribution is 2.16. The van der Waals surface area contributed by atoms with Gasteiger partial charge in [-0.3, -0.25) is 9.59 Å². The minimum Gasteiger partial charge on any atom is -0.368 e. The van der Waals surface area contributed by atoms with E-state index >= 15 is 0 Å². The van der Waals surface area contributed by atoms with Gasteiger partial charge in [0.05, 0.1) is 5.51 Å². The Bertz CT molecular complexity index is 477. The second-order valence-corrected chi connectivity index (χ2v) is 5.71. The van der Waals surface area contributed by atoms with Crippen molar-refractivity contribution < 1.29 is 14.3 Å². The molecular weight excluding hydrogens is 278 g/mol. The van der Waals surface area contributed by atoms with E-state index in [9.17, 15) is 9.59 Å². The number of nitrogens with zero attached hydrogens (tertiary/aromatic N) is 3. The lowest BCUT2D eigenvalue weighted by molar-refractivity contribution is -0.142. The summed E-state index contributed by atoms with van der Waals surface area (Å²) in [6.45, 7) is 2.96. The largest absolute Gasteiger partial charge is 0.368 e. The number of ether oxygens (including phenoxy) is 1. The van der Waals surface area contributed by atoms with Crippen LogP contribution in [0.15, 0.2) is 10.9 Å². The zero-order valence-corrected chi connectivity index (χ0v) is 12.0. The Labute approximate surface area is 121 Å². The number of amides is 2. The normalized spacial score (nSPS) is 23.1. The van der Waals surface area contributed by atoms with Gasteiger partial charge in [0.1, 0.15) is 11.8 Å². The number of piperazine rings is 1. The first-order chi connectivity index (χ1) is 9.75. The Morgan fingerprint density at radius 2 is 2.00 bits per heavy atom. The summed E-state index contributed by atoms with van der Waals surface area (Å²) in [5, 5.41) is 1.76. The maximum absolute atomic E-state index is 12.2. The molecule has 1 atom stereocenters. The SMILES string of the molecule is O=C(c1cscn1)N1CCN(C(=O)C2CCCO2)CC1. The van der Waals surface area contributed by atoms with E-state index in [0.29, 0.717) is 38.5 Å². The quantitative estimate of drug-likeness (QED) is 0.802. The van der Waals surface area contributed by atoms with E-state index in [1.807, 2.05) is 0 Å². The van der Waals surface area contributed by atoms with Crippen molar-refractivity contribution in [2.45, 2.75) is 18.9 Å². The molecular formula is C13H17N3O3S. The van der Waals surface area contributed by atoms with E-state index in [4.69, 9.17) is 4.74 Å². The number of aromatic nitrogens is 1. The molecule has 108 valence electrons. The van der Waals surface area contributed by atoms with Crippen molar-refractivity contribution in [1.29, 1.82) is 0 Å². The molecule has 0 aromatic carbocycles. The summed E-state index contributed by atoms with van der Waals surface area (Å²) in [7, 11) is 0. The van der Waals surface area contributed by atoms with Gasteiger partial charge < -0.3 is 14.5 Å². The van der Waals surface area contributed by atoms with E-state index in [-0.39, 0.29) is 17.9 Å². The Morgan fingerprint density at radius 1 is 1.25 bits per heavy atom. The first-order valence-corrected chi connectivity index (χ1v) is 7.78. The summed E-state index contributed by atoms with van der Waals surface area (Å²) in [5.74, 6) is 0.0266. The van der Waals surface area contributed by atoms with Gasteiger partial charge >= 0.3 is 0 Å². The van der Waals surface area contributed by atoms with Gasteiger partial charge in [-0.15, -0.1) is 11.3 Å². The number of carbonyl (C=O) groups is 2. The second-order valence-electron chi connectivity index (χ2n) is 4.99. The van der Waals surface area contributed by atoms with Crippen LogP contribution in [0.1, 0.15) is 23.3 Å². The van der Waals surface area contributed by atoms with Crippen molar-refractivity contribution in [1.82, 2.24) is 14.8 Å². The van der Waals surface area contributed by atoms with Crippen molar-refractivity contribution in [3.05, 3.63) is 16.6 Å². The summed E-state index contributed by atoms with van der Waals surface area (Å²) in [4.78, 5) is 31.9. The molecule has 0 radical (unpaired) electrons. The highest BCUT2D eigenvalue weighted by molar-refractivity contribution is 7.07. The Balaban J connectivity index is 1.54. The third-order valence-corrected chi connectivity index (χ3v) is 4.32. The molecule has 0 N–H and O–H groups in total. The fourth-order valence-electron chi connectivity index (χ4n) is 2.59. The smallest absolute Gasteiger partial charge is 0.273 e. The summed E-state index contributed by atoms with van der Waals surface area (Å²) in [6.07, 6.45) is 1.51. The maximum Gasteiger partial charge on any atom is 0.273 e. The maximum atomic E-state index is 12.2. The lowest BCUT2D eigenvalue weighted by atomic mass is 10.2. The van der Waals surface area contributed by atoms with Gasteiger partial charge in [0.25, 0.3) is 11.8 Å². The molecule has 2 fully saturated rings. The van der Waals surface area contributed by atoms with Crippen LogP contribution in [0.25, 0.3) is 0 Å². The van der Waals surface area contributed by atoms with Gasteiger partial charge in [-0.05, 0) is 12.8 Å². The summed E-state index contributed by atoms with van der Waals surface area (Å²) >= 11 is 1.41. The number of hydrogen-bond acceptors (Lipinski definition) is 5. The van der Waals surface area contributed by atoms with Crippen molar-refractivity contribution in [2.75, 3.05) is 32.8 Å². The van der Waals surface area contributed by atoms with Gasteiger partial charge in [-0.2, -0.15) is 0 Å². The third kappa shape index (κ3) is 2.69. The summed E-state index contributed by atoms with van der Waals surface area (Å²) < 4.78 is 5.42. The van der Waals surface area contributed by atoms with Gasteiger partial charge in [-0.1, -0.05) is 0 Å². The molecule has 20 heavy (non-hydrogen) atoms. The number of thiazole rings is 1. The predicted octanol–water partition coefficient (Wildman–Crippen LogP) is 0.606. The molecule has 3 rings (SSSR count). The lowest BCUT2D eigenvalue weighted by Crippen LogP contribution is -2.52. The molecule has 0 aliphatic carbocycles. The van der Waals surface area contributed by atoms with Crippen LogP contribution in [0.2, 0.25) is 0 Å². The second kappa shape index (κ2) is 5.88. The molecule has 3 heterocycles. The highest BCUT2D eigenvalue weighted by Gasteiger charge is 2.31. The zero-order valence-electron chi connectivity index (χ0n) is 11.2. The van der Waals surface area contributed by atoms with Crippen LogP contribution in [-0.2, 0) is 9.53 Å². The first kappa shape index (κ1) is 13.5. The minimum absolute atomic E-state index is 0.0459. The molecule has 1 unspecified atom stereocenters. The molecule has 7 heteroatoms. The van der Waals surface area contributed by atoms with Crippen LogP contribution in [-0.4, -0.2) is 65.5 Å². The Morgan fingerprint density at radius 3 is 2.60 bits per heavy atom. The van der Waals surface area contributed by atoms with Crippen molar-refractivity contribution >= 4 is 23.2 Å². The number of rotatable bonds is 2. The van der Waals surface area contributed by atoms with Crippen LogP contribution >= 0.6 is 11.3 Å². The standard InChI is InChI=1S/C13H17N3O3S/c17-12(10-8-20-9-14-10)15-3-5-16(6-4-15)13(18)11-2-1-7-19-11/h8-9,11H,1-7H2. The van der Waals surface area contributed by atoms with E-state index in [2.05, 4.69) is 4.98 Å². The van der Waals surface area contributed by atoms with E-state index in [1.54, 1.807) is 20.7 Å². The monoisotopic (exact) mass is 295 g/mol. The average Bonchev–Trinajstić information content (AvgIpc) is 3.18. The van der Waals surface area contributed by atoms with Gasteiger partial charge in [-0.25, -0.2) is 4.98 Å². The fraction of sp³-hybridized carbons (Fsp3) is 0.615. The first-order valence-electron chi connectivity index (χ1n) is 6.83. The molecule has 2 aliphatic rings. The van der Waals surface area contributed by atoms with Crippen LogP contribution in [0, 0.1) is 0 Å². The molecule has 2 amide bonds. The molecule has 0 spiro atoms. The van der Waals surface area contributed by atoms with Gasteiger partial charge in [0, 0.05) is 38.2 Å². The lowest BCUT2D eigenvalue weighted by Gasteiger charge is -2.35. The van der Waals surface area contributed by atoms with E-state index in [0.717, 1.165) is 12.8 Å². The van der Waals surface area contributed by atoms with Crippen LogP contribution in [0.4, 0.5) is 0 Å².